The van der Waals surface area contributed by atoms with Crippen LogP contribution in [0.2, 0.25) is 0 Å². The van der Waals surface area contributed by atoms with Crippen molar-refractivity contribution in [3.8, 4) is 11.5 Å². The van der Waals surface area contributed by atoms with E-state index in [4.69, 9.17) is 9.47 Å². The molecule has 2 aromatic rings. The highest BCUT2D eigenvalue weighted by atomic mass is 19.1. The molecule has 0 bridgehead atoms. The van der Waals surface area contributed by atoms with Gasteiger partial charge >= 0.3 is 0 Å². The van der Waals surface area contributed by atoms with Crippen molar-refractivity contribution < 1.29 is 18.7 Å². The van der Waals surface area contributed by atoms with E-state index in [1.165, 1.54) is 12.1 Å². The number of ether oxygens (including phenoxy) is 2. The fraction of sp³-hybridized carbons (Fsp3) is 0.348. The topological polar surface area (TPSA) is 47.6 Å². The minimum absolute atomic E-state index is 0.110. The van der Waals surface area contributed by atoms with E-state index in [1.54, 1.807) is 6.07 Å². The first kappa shape index (κ1) is 17.3. The number of hydrogen-bond donors (Lipinski definition) is 1. The number of ketones is 1. The highest BCUT2D eigenvalue weighted by molar-refractivity contribution is 6.01. The molecule has 0 saturated heterocycles. The Morgan fingerprint density at radius 2 is 1.82 bits per heavy atom. The second kappa shape index (κ2) is 6.09. The van der Waals surface area contributed by atoms with Gasteiger partial charge in [0, 0.05) is 35.4 Å². The summed E-state index contributed by atoms with van der Waals surface area (Å²) in [5.74, 6) is 0.859. The molecule has 0 aromatic heterocycles. The summed E-state index contributed by atoms with van der Waals surface area (Å²) in [5.41, 5.74) is 4.15. The van der Waals surface area contributed by atoms with Gasteiger partial charge in [-0.25, -0.2) is 4.39 Å². The molecule has 2 aliphatic heterocycles. The molecular formula is C23H22FNO3. The second-order valence-corrected chi connectivity index (χ2v) is 8.53. The van der Waals surface area contributed by atoms with Crippen LogP contribution in [0, 0.1) is 11.2 Å². The van der Waals surface area contributed by atoms with Crippen LogP contribution >= 0.6 is 0 Å². The lowest BCUT2D eigenvalue weighted by atomic mass is 9.68. The van der Waals surface area contributed by atoms with Gasteiger partial charge < -0.3 is 14.8 Å². The van der Waals surface area contributed by atoms with Crippen LogP contribution in [0.4, 0.5) is 10.1 Å². The molecule has 1 aliphatic carbocycles. The first-order valence-electron chi connectivity index (χ1n) is 9.64. The molecule has 0 fully saturated rings. The van der Waals surface area contributed by atoms with Crippen LogP contribution in [0.25, 0.3) is 0 Å². The third-order valence-corrected chi connectivity index (χ3v) is 5.70. The van der Waals surface area contributed by atoms with Crippen LogP contribution in [-0.4, -0.2) is 19.0 Å². The molecule has 5 rings (SSSR count). The number of anilines is 1. The summed E-state index contributed by atoms with van der Waals surface area (Å²) in [6.45, 7) is 5.21. The van der Waals surface area contributed by atoms with Crippen LogP contribution in [0.15, 0.2) is 47.7 Å². The minimum Gasteiger partial charge on any atom is -0.486 e. The standard InChI is InChI=1S/C23H22FNO3/c1-23(2)11-17-22(18(26)12-23)21(13-4-3-5-14(24)8-13)15-9-19-20(10-16(15)25-17)28-7-6-27-19/h3-5,8-10,21,25H,6-7,11-12H2,1-2H3/t21-/m0/s1. The van der Waals surface area contributed by atoms with E-state index >= 15 is 0 Å². The van der Waals surface area contributed by atoms with Crippen LogP contribution in [0.1, 0.15) is 43.7 Å². The zero-order chi connectivity index (χ0) is 19.5. The largest absolute Gasteiger partial charge is 0.486 e. The number of carbonyl (C=O) groups excluding carboxylic acids is 1. The summed E-state index contributed by atoms with van der Waals surface area (Å²) < 4.78 is 25.6. The molecule has 3 aliphatic rings. The van der Waals surface area contributed by atoms with Gasteiger partial charge in [0.25, 0.3) is 0 Å². The lowest BCUT2D eigenvalue weighted by molar-refractivity contribution is -0.118. The Hall–Kier alpha value is -2.82. The number of hydrogen-bond acceptors (Lipinski definition) is 4. The lowest BCUT2D eigenvalue weighted by Gasteiger charge is -2.40. The third kappa shape index (κ3) is 2.77. The Kier molecular flexibility index (Phi) is 3.76. The number of Topliss-reactive ketones (excluding diaryl/α,β-unsaturated/α-hetero) is 1. The smallest absolute Gasteiger partial charge is 0.163 e. The van der Waals surface area contributed by atoms with Gasteiger partial charge in [-0.2, -0.15) is 0 Å². The number of fused-ring (bicyclic) bond motifs is 2. The first-order chi connectivity index (χ1) is 13.4. The molecular weight excluding hydrogens is 357 g/mol. The highest BCUT2D eigenvalue weighted by Crippen LogP contribution is 2.51. The summed E-state index contributed by atoms with van der Waals surface area (Å²) in [7, 11) is 0. The van der Waals surface area contributed by atoms with Crippen molar-refractivity contribution in [3.63, 3.8) is 0 Å². The summed E-state index contributed by atoms with van der Waals surface area (Å²) >= 11 is 0. The Bertz CT molecular complexity index is 1020. The zero-order valence-corrected chi connectivity index (χ0v) is 16.0. The average molecular weight is 379 g/mol. The number of carbonyl (C=O) groups is 1. The number of halogens is 1. The van der Waals surface area contributed by atoms with Crippen molar-refractivity contribution in [2.75, 3.05) is 18.5 Å². The predicted molar refractivity (Wildman–Crippen MR) is 104 cm³/mol. The van der Waals surface area contributed by atoms with Crippen molar-refractivity contribution in [2.24, 2.45) is 5.41 Å². The monoisotopic (exact) mass is 379 g/mol. The molecule has 144 valence electrons. The van der Waals surface area contributed by atoms with Gasteiger partial charge in [0.15, 0.2) is 17.3 Å². The maximum absolute atomic E-state index is 14.1. The molecule has 2 heterocycles. The molecule has 0 spiro atoms. The van der Waals surface area contributed by atoms with Crippen LogP contribution in [-0.2, 0) is 4.79 Å². The van der Waals surface area contributed by atoms with E-state index < -0.39 is 0 Å². The number of nitrogens with one attached hydrogen (secondary N) is 1. The number of allylic oxidation sites excluding steroid dienone is 2. The van der Waals surface area contributed by atoms with Gasteiger partial charge in [0.2, 0.25) is 0 Å². The van der Waals surface area contributed by atoms with Crippen molar-refractivity contribution in [1.29, 1.82) is 0 Å². The van der Waals surface area contributed by atoms with Gasteiger partial charge in [-0.15, -0.1) is 0 Å². The van der Waals surface area contributed by atoms with Crippen molar-refractivity contribution in [2.45, 2.75) is 32.6 Å². The molecule has 5 heteroatoms. The summed E-state index contributed by atoms with van der Waals surface area (Å²) in [6, 6.07) is 10.4. The Labute approximate surface area is 163 Å². The normalized spacial score (nSPS) is 22.2. The fourth-order valence-electron chi connectivity index (χ4n) is 4.58. The first-order valence-corrected chi connectivity index (χ1v) is 9.64. The zero-order valence-electron chi connectivity index (χ0n) is 16.0. The second-order valence-electron chi connectivity index (χ2n) is 8.53. The molecule has 1 atom stereocenters. The van der Waals surface area contributed by atoms with Crippen molar-refractivity contribution >= 4 is 11.5 Å². The molecule has 0 unspecified atom stereocenters. The molecule has 1 N–H and O–H groups in total. The maximum atomic E-state index is 14.1. The van der Waals surface area contributed by atoms with E-state index in [2.05, 4.69) is 19.2 Å². The van der Waals surface area contributed by atoms with E-state index in [9.17, 15) is 9.18 Å². The number of benzene rings is 2. The average Bonchev–Trinajstić information content (AvgIpc) is 2.64. The summed E-state index contributed by atoms with van der Waals surface area (Å²) in [4.78, 5) is 13.2. The van der Waals surface area contributed by atoms with Crippen molar-refractivity contribution in [1.82, 2.24) is 0 Å². The van der Waals surface area contributed by atoms with E-state index in [1.807, 2.05) is 18.2 Å². The maximum Gasteiger partial charge on any atom is 0.163 e. The Morgan fingerprint density at radius 1 is 1.07 bits per heavy atom. The molecule has 28 heavy (non-hydrogen) atoms. The highest BCUT2D eigenvalue weighted by Gasteiger charge is 2.41. The van der Waals surface area contributed by atoms with Gasteiger partial charge in [0.1, 0.15) is 19.0 Å². The quantitative estimate of drug-likeness (QED) is 0.773. The van der Waals surface area contributed by atoms with E-state index in [0.717, 1.165) is 34.5 Å². The lowest BCUT2D eigenvalue weighted by Crippen LogP contribution is -2.34. The van der Waals surface area contributed by atoms with Crippen LogP contribution in [0.5, 0.6) is 11.5 Å². The summed E-state index contributed by atoms with van der Waals surface area (Å²) in [5, 5.41) is 3.48. The van der Waals surface area contributed by atoms with Gasteiger partial charge in [-0.05, 0) is 41.2 Å². The van der Waals surface area contributed by atoms with Crippen molar-refractivity contribution in [3.05, 3.63) is 64.6 Å². The van der Waals surface area contributed by atoms with Gasteiger partial charge in [-0.3, -0.25) is 4.79 Å². The fourth-order valence-corrected chi connectivity index (χ4v) is 4.58. The van der Waals surface area contributed by atoms with Crippen LogP contribution < -0.4 is 14.8 Å². The predicted octanol–water partition coefficient (Wildman–Crippen LogP) is 4.80. The molecule has 0 saturated carbocycles. The van der Waals surface area contributed by atoms with Gasteiger partial charge in [-0.1, -0.05) is 26.0 Å². The number of rotatable bonds is 1. The molecule has 2 aromatic carbocycles. The molecule has 0 radical (unpaired) electrons. The Balaban J connectivity index is 1.73. The van der Waals surface area contributed by atoms with Gasteiger partial charge in [0.05, 0.1) is 0 Å². The van der Waals surface area contributed by atoms with Crippen LogP contribution in [0.3, 0.4) is 0 Å². The molecule has 4 nitrogen and oxygen atoms in total. The van der Waals surface area contributed by atoms with E-state index in [-0.39, 0.29) is 22.9 Å². The molecule has 0 amide bonds. The SMILES string of the molecule is CC1(C)CC(=O)C2=C(C1)Nc1cc3c(cc1[C@@H]2c1cccc(F)c1)OCCO3. The Morgan fingerprint density at radius 3 is 2.57 bits per heavy atom. The minimum atomic E-state index is -0.318. The summed E-state index contributed by atoms with van der Waals surface area (Å²) in [6.07, 6.45) is 1.26. The third-order valence-electron chi connectivity index (χ3n) is 5.70. The van der Waals surface area contributed by atoms with E-state index in [0.29, 0.717) is 31.1 Å².